The van der Waals surface area contributed by atoms with Gasteiger partial charge >= 0.3 is 8.25 Å². The molecule has 0 N–H and O–H groups in total. The summed E-state index contributed by atoms with van der Waals surface area (Å²) < 4.78 is 21.5. The van der Waals surface area contributed by atoms with Gasteiger partial charge in [0.25, 0.3) is 11.4 Å². The predicted molar refractivity (Wildman–Crippen MR) is 80.4 cm³/mol. The minimum Gasteiger partial charge on any atom is -0.304 e. The molecule has 12 heteroatoms. The molecule has 0 aliphatic carbocycles. The molecule has 0 aromatic carbocycles. The molecule has 0 saturated carbocycles. The summed E-state index contributed by atoms with van der Waals surface area (Å²) in [6, 6.07) is 5.27. The Hall–Kier alpha value is -2.75. The highest BCUT2D eigenvalue weighted by Crippen LogP contribution is 2.27. The molecule has 11 nitrogen and oxygen atoms in total. The molecule has 24 heavy (non-hydrogen) atoms. The minimum absolute atomic E-state index is 0.135. The van der Waals surface area contributed by atoms with Gasteiger partial charge in [0, 0.05) is 12.1 Å². The van der Waals surface area contributed by atoms with Gasteiger partial charge in [0.15, 0.2) is 0 Å². The average Bonchev–Trinajstić information content (AvgIpc) is 2.58. The van der Waals surface area contributed by atoms with Crippen LogP contribution in [-0.2, 0) is 26.8 Å². The van der Waals surface area contributed by atoms with Crippen LogP contribution in [-0.4, -0.2) is 19.8 Å². The number of nitro groups is 2. The molecule has 0 unspecified atom stereocenters. The minimum atomic E-state index is -2.83. The van der Waals surface area contributed by atoms with E-state index in [0.29, 0.717) is 11.4 Å². The molecule has 0 amide bonds. The van der Waals surface area contributed by atoms with Crippen molar-refractivity contribution in [2.75, 3.05) is 0 Å². The van der Waals surface area contributed by atoms with Gasteiger partial charge in [0.2, 0.25) is 0 Å². The van der Waals surface area contributed by atoms with Crippen LogP contribution in [0.25, 0.3) is 0 Å². The molecule has 0 atom stereocenters. The van der Waals surface area contributed by atoms with Gasteiger partial charge in [-0.25, -0.2) is 0 Å². The number of pyridine rings is 2. The predicted octanol–water partition coefficient (Wildman–Crippen LogP) is 2.42. The van der Waals surface area contributed by atoms with Crippen molar-refractivity contribution in [1.29, 1.82) is 0 Å². The van der Waals surface area contributed by atoms with E-state index in [0.717, 1.165) is 12.4 Å². The Balaban J connectivity index is 1.78. The molecule has 2 rings (SSSR count). The highest BCUT2D eigenvalue weighted by atomic mass is 31.1. The summed E-state index contributed by atoms with van der Waals surface area (Å²) in [5, 5.41) is 21.0. The highest BCUT2D eigenvalue weighted by Gasteiger charge is 2.09. The first-order valence-electron chi connectivity index (χ1n) is 6.44. The summed E-state index contributed by atoms with van der Waals surface area (Å²) in [5.41, 5.74) is 0.394. The van der Waals surface area contributed by atoms with Gasteiger partial charge < -0.3 is 9.05 Å². The van der Waals surface area contributed by atoms with Crippen molar-refractivity contribution in [3.63, 3.8) is 0 Å². The second-order valence-corrected chi connectivity index (χ2v) is 5.43. The van der Waals surface area contributed by atoms with Crippen molar-refractivity contribution in [2.24, 2.45) is 0 Å². The molecule has 2 aromatic heterocycles. The average molecular weight is 354 g/mol. The van der Waals surface area contributed by atoms with Gasteiger partial charge in [-0.3, -0.25) is 34.8 Å². The fourth-order valence-electron chi connectivity index (χ4n) is 1.53. The Kier molecular flexibility index (Phi) is 6.01. The molecular formula is C12H11N4O7P. The Labute approximate surface area is 135 Å². The van der Waals surface area contributed by atoms with E-state index in [9.17, 15) is 24.8 Å². The summed E-state index contributed by atoms with van der Waals surface area (Å²) >= 11 is 0. The van der Waals surface area contributed by atoms with Crippen molar-refractivity contribution in [1.82, 2.24) is 9.97 Å². The Morgan fingerprint density at radius 1 is 0.875 bits per heavy atom. The molecule has 0 spiro atoms. The number of rotatable bonds is 8. The Morgan fingerprint density at radius 2 is 1.29 bits per heavy atom. The van der Waals surface area contributed by atoms with Crippen LogP contribution in [0.1, 0.15) is 11.4 Å². The van der Waals surface area contributed by atoms with E-state index in [4.69, 9.17) is 9.05 Å². The Bertz CT molecular complexity index is 688. The third-order valence-corrected chi connectivity index (χ3v) is 3.48. The number of aromatic nitrogens is 2. The van der Waals surface area contributed by atoms with Gasteiger partial charge in [-0.2, -0.15) is 0 Å². The van der Waals surface area contributed by atoms with Crippen molar-refractivity contribution in [3.8, 4) is 0 Å². The summed E-state index contributed by atoms with van der Waals surface area (Å²) in [6.45, 7) is -0.271. The molecule has 0 saturated heterocycles. The fourth-order valence-corrected chi connectivity index (χ4v) is 2.14. The smallest absolute Gasteiger partial charge is 0.304 e. The van der Waals surface area contributed by atoms with Crippen LogP contribution in [0.15, 0.2) is 36.7 Å². The molecule has 2 heterocycles. The molecule has 0 aliphatic heterocycles. The lowest BCUT2D eigenvalue weighted by atomic mass is 10.3. The van der Waals surface area contributed by atoms with Crippen LogP contribution in [0.4, 0.5) is 11.4 Å². The molecule has 0 bridgehead atoms. The first kappa shape index (κ1) is 17.6. The topological polar surface area (TPSA) is 148 Å². The van der Waals surface area contributed by atoms with Gasteiger partial charge in [0.05, 0.1) is 34.4 Å². The second kappa shape index (κ2) is 8.20. The van der Waals surface area contributed by atoms with E-state index in [1.807, 2.05) is 0 Å². The second-order valence-electron chi connectivity index (χ2n) is 4.36. The quantitative estimate of drug-likeness (QED) is 0.396. The maximum absolute atomic E-state index is 11.6. The van der Waals surface area contributed by atoms with E-state index in [-0.39, 0.29) is 24.6 Å². The van der Waals surface area contributed by atoms with E-state index < -0.39 is 18.1 Å². The van der Waals surface area contributed by atoms with Crippen molar-refractivity contribution >= 4 is 19.6 Å². The van der Waals surface area contributed by atoms with Crippen molar-refractivity contribution in [3.05, 3.63) is 68.3 Å². The van der Waals surface area contributed by atoms with Crippen LogP contribution < -0.4 is 0 Å². The summed E-state index contributed by atoms with van der Waals surface area (Å²) in [7, 11) is -2.83. The van der Waals surface area contributed by atoms with Crippen molar-refractivity contribution < 1.29 is 23.5 Å². The standard InChI is InChI=1S/C12H11N4O7P/c17-15(18)11-3-1-9(13-5-11)7-22-24(21)23-8-10-2-4-12(6-14-10)16(19)20/h1-6,24H,7-8H2. The number of hydrogen-bond donors (Lipinski definition) is 0. The van der Waals surface area contributed by atoms with Crippen LogP contribution >= 0.6 is 8.25 Å². The SMILES string of the molecule is O=[N+]([O-])c1ccc(CO[PH](=O)OCc2ccc([N+](=O)[O-])cn2)nc1. The largest absolute Gasteiger partial charge is 0.319 e. The maximum Gasteiger partial charge on any atom is 0.319 e. The van der Waals surface area contributed by atoms with Gasteiger partial charge in [-0.05, 0) is 12.1 Å². The van der Waals surface area contributed by atoms with E-state index >= 15 is 0 Å². The molecule has 0 radical (unpaired) electrons. The molecule has 2 aromatic rings. The highest BCUT2D eigenvalue weighted by molar-refractivity contribution is 7.33. The van der Waals surface area contributed by atoms with Crippen molar-refractivity contribution in [2.45, 2.75) is 13.2 Å². The summed E-state index contributed by atoms with van der Waals surface area (Å²) in [6.07, 6.45) is 2.13. The first-order valence-corrected chi connectivity index (χ1v) is 7.66. The monoisotopic (exact) mass is 354 g/mol. The zero-order valence-electron chi connectivity index (χ0n) is 12.0. The third kappa shape index (κ3) is 5.16. The molecule has 126 valence electrons. The van der Waals surface area contributed by atoms with Gasteiger partial charge in [-0.1, -0.05) is 0 Å². The lowest BCUT2D eigenvalue weighted by Crippen LogP contribution is -1.96. The van der Waals surface area contributed by atoms with Crippen LogP contribution in [0.2, 0.25) is 0 Å². The van der Waals surface area contributed by atoms with E-state index in [1.165, 1.54) is 24.3 Å². The first-order chi connectivity index (χ1) is 11.5. The Morgan fingerprint density at radius 3 is 1.58 bits per heavy atom. The zero-order chi connectivity index (χ0) is 17.5. The summed E-state index contributed by atoms with van der Waals surface area (Å²) in [5.74, 6) is 0. The van der Waals surface area contributed by atoms with E-state index in [1.54, 1.807) is 0 Å². The lowest BCUT2D eigenvalue weighted by Gasteiger charge is -2.05. The van der Waals surface area contributed by atoms with E-state index in [2.05, 4.69) is 9.97 Å². The molecule has 0 fully saturated rings. The van der Waals surface area contributed by atoms with Gasteiger partial charge in [0.1, 0.15) is 12.4 Å². The molecule has 0 aliphatic rings. The van der Waals surface area contributed by atoms with Crippen LogP contribution in [0, 0.1) is 20.2 Å². The van der Waals surface area contributed by atoms with Crippen LogP contribution in [0.3, 0.4) is 0 Å². The number of nitrogens with zero attached hydrogens (tertiary/aromatic N) is 4. The van der Waals surface area contributed by atoms with Gasteiger partial charge in [-0.15, -0.1) is 0 Å². The fraction of sp³-hybridized carbons (Fsp3) is 0.167. The third-order valence-electron chi connectivity index (χ3n) is 2.72. The maximum atomic E-state index is 11.6. The van der Waals surface area contributed by atoms with Crippen LogP contribution in [0.5, 0.6) is 0 Å². The molecular weight excluding hydrogens is 343 g/mol. The number of hydrogen-bond acceptors (Lipinski definition) is 9. The zero-order valence-corrected chi connectivity index (χ0v) is 13.0. The summed E-state index contributed by atoms with van der Waals surface area (Å²) in [4.78, 5) is 27.4. The normalized spacial score (nSPS) is 10.7. The lowest BCUT2D eigenvalue weighted by molar-refractivity contribution is -0.385.